The van der Waals surface area contributed by atoms with E-state index in [1.54, 1.807) is 12.4 Å². The zero-order chi connectivity index (χ0) is 15.9. The number of hydrogen-bond donors (Lipinski definition) is 1. The zero-order valence-corrected chi connectivity index (χ0v) is 13.3. The zero-order valence-electron chi connectivity index (χ0n) is 13.3. The predicted molar refractivity (Wildman–Crippen MR) is 90.5 cm³/mol. The van der Waals surface area contributed by atoms with Crippen LogP contribution in [0.5, 0.6) is 0 Å². The Morgan fingerprint density at radius 3 is 2.78 bits per heavy atom. The molecule has 23 heavy (non-hydrogen) atoms. The highest BCUT2D eigenvalue weighted by Gasteiger charge is 2.25. The highest BCUT2D eigenvalue weighted by Crippen LogP contribution is 2.19. The fourth-order valence-corrected chi connectivity index (χ4v) is 3.09. The van der Waals surface area contributed by atoms with Gasteiger partial charge in [0.1, 0.15) is 0 Å². The third-order valence-corrected chi connectivity index (χ3v) is 4.31. The summed E-state index contributed by atoms with van der Waals surface area (Å²) in [6, 6.07) is 14.3. The van der Waals surface area contributed by atoms with Crippen LogP contribution in [0.4, 0.5) is 0 Å². The van der Waals surface area contributed by atoms with Gasteiger partial charge in [-0.15, -0.1) is 0 Å². The van der Waals surface area contributed by atoms with Crippen LogP contribution in [0.1, 0.15) is 24.0 Å². The van der Waals surface area contributed by atoms with Crippen LogP contribution >= 0.6 is 0 Å². The molecule has 1 aromatic heterocycles. The van der Waals surface area contributed by atoms with Crippen LogP contribution in [0.15, 0.2) is 54.9 Å². The molecule has 0 saturated carbocycles. The Bertz CT molecular complexity index is 615. The maximum atomic E-state index is 12.4. The first-order valence-electron chi connectivity index (χ1n) is 8.24. The molecule has 0 aliphatic carbocycles. The lowest BCUT2D eigenvalue weighted by atomic mass is 9.96. The fraction of sp³-hybridized carbons (Fsp3) is 0.368. The number of carbonyl (C=O) groups is 1. The van der Waals surface area contributed by atoms with Gasteiger partial charge in [0.15, 0.2) is 0 Å². The van der Waals surface area contributed by atoms with E-state index in [2.05, 4.69) is 39.5 Å². The van der Waals surface area contributed by atoms with Crippen LogP contribution in [0.25, 0.3) is 0 Å². The quantitative estimate of drug-likeness (QED) is 0.923. The number of benzene rings is 1. The minimum absolute atomic E-state index is 0.0872. The van der Waals surface area contributed by atoms with Crippen molar-refractivity contribution in [2.45, 2.75) is 25.9 Å². The molecule has 3 rings (SSSR count). The molecule has 120 valence electrons. The maximum absolute atomic E-state index is 12.4. The molecule has 2 heterocycles. The molecule has 1 aliphatic heterocycles. The molecule has 0 radical (unpaired) electrons. The molecule has 4 heteroatoms. The molecule has 0 spiro atoms. The molecule has 2 aromatic rings. The summed E-state index contributed by atoms with van der Waals surface area (Å²) in [4.78, 5) is 18.9. The summed E-state index contributed by atoms with van der Waals surface area (Å²) < 4.78 is 0. The van der Waals surface area contributed by atoms with E-state index in [-0.39, 0.29) is 11.8 Å². The van der Waals surface area contributed by atoms with E-state index in [9.17, 15) is 4.79 Å². The number of piperidine rings is 1. The van der Waals surface area contributed by atoms with Crippen molar-refractivity contribution in [2.24, 2.45) is 5.92 Å². The number of hydrogen-bond acceptors (Lipinski definition) is 3. The number of likely N-dealkylation sites (tertiary alicyclic amines) is 1. The van der Waals surface area contributed by atoms with E-state index in [0.717, 1.165) is 38.0 Å². The Balaban J connectivity index is 1.50. The molecule has 1 amide bonds. The second-order valence-electron chi connectivity index (χ2n) is 6.14. The largest absolute Gasteiger partial charge is 0.352 e. The average Bonchev–Trinajstić information content (AvgIpc) is 2.62. The van der Waals surface area contributed by atoms with Gasteiger partial charge < -0.3 is 5.32 Å². The molecule has 1 atom stereocenters. The third kappa shape index (κ3) is 4.63. The molecule has 1 saturated heterocycles. The summed E-state index contributed by atoms with van der Waals surface area (Å²) in [7, 11) is 0. The first kappa shape index (κ1) is 15.7. The van der Waals surface area contributed by atoms with Crippen LogP contribution in [-0.2, 0) is 17.9 Å². The van der Waals surface area contributed by atoms with Crippen LogP contribution in [0.2, 0.25) is 0 Å². The van der Waals surface area contributed by atoms with E-state index < -0.39 is 0 Å². The standard InChI is InChI=1S/C19H23N3O/c23-19(21-13-17-8-4-10-20-12-17)18-9-5-11-22(15-18)14-16-6-2-1-3-7-16/h1-4,6-8,10,12,18H,5,9,11,13-15H2,(H,21,23). The molecular formula is C19H23N3O. The van der Waals surface area contributed by atoms with Gasteiger partial charge in [0.25, 0.3) is 0 Å². The molecule has 0 bridgehead atoms. The summed E-state index contributed by atoms with van der Waals surface area (Å²) in [5.41, 5.74) is 2.35. The van der Waals surface area contributed by atoms with E-state index in [1.165, 1.54) is 5.56 Å². The first-order valence-corrected chi connectivity index (χ1v) is 8.24. The van der Waals surface area contributed by atoms with Gasteiger partial charge in [-0.1, -0.05) is 36.4 Å². The number of pyridine rings is 1. The SMILES string of the molecule is O=C(NCc1cccnc1)C1CCCN(Cc2ccccc2)C1. The Hall–Kier alpha value is -2.20. The van der Waals surface area contributed by atoms with Crippen molar-refractivity contribution in [3.63, 3.8) is 0 Å². The highest BCUT2D eigenvalue weighted by atomic mass is 16.1. The van der Waals surface area contributed by atoms with Crippen molar-refractivity contribution in [1.29, 1.82) is 0 Å². The Kier molecular flexibility index (Phi) is 5.37. The van der Waals surface area contributed by atoms with Gasteiger partial charge in [0, 0.05) is 32.0 Å². The number of nitrogens with zero attached hydrogens (tertiary/aromatic N) is 2. The molecule has 1 N–H and O–H groups in total. The minimum Gasteiger partial charge on any atom is -0.352 e. The van der Waals surface area contributed by atoms with Crippen molar-refractivity contribution < 1.29 is 4.79 Å². The predicted octanol–water partition coefficient (Wildman–Crippen LogP) is 2.61. The topological polar surface area (TPSA) is 45.2 Å². The first-order chi connectivity index (χ1) is 11.3. The Labute approximate surface area is 137 Å². The van der Waals surface area contributed by atoms with Gasteiger partial charge in [0.05, 0.1) is 5.92 Å². The molecular weight excluding hydrogens is 286 g/mol. The third-order valence-electron chi connectivity index (χ3n) is 4.31. The summed E-state index contributed by atoms with van der Waals surface area (Å²) in [6.07, 6.45) is 5.60. The van der Waals surface area contributed by atoms with Gasteiger partial charge >= 0.3 is 0 Å². The van der Waals surface area contributed by atoms with E-state index in [0.29, 0.717) is 6.54 Å². The normalized spacial score (nSPS) is 18.5. The van der Waals surface area contributed by atoms with E-state index in [1.807, 2.05) is 18.2 Å². The van der Waals surface area contributed by atoms with E-state index >= 15 is 0 Å². The van der Waals surface area contributed by atoms with Crippen molar-refractivity contribution in [2.75, 3.05) is 13.1 Å². The summed E-state index contributed by atoms with van der Waals surface area (Å²) in [6.45, 7) is 3.39. The van der Waals surface area contributed by atoms with Crippen molar-refractivity contribution in [1.82, 2.24) is 15.2 Å². The monoisotopic (exact) mass is 309 g/mol. The molecule has 1 aromatic carbocycles. The number of aromatic nitrogens is 1. The average molecular weight is 309 g/mol. The molecule has 1 aliphatic rings. The van der Waals surface area contributed by atoms with E-state index in [4.69, 9.17) is 0 Å². The number of carbonyl (C=O) groups excluding carboxylic acids is 1. The Morgan fingerprint density at radius 1 is 1.17 bits per heavy atom. The molecule has 1 unspecified atom stereocenters. The van der Waals surface area contributed by atoms with Gasteiger partial charge in [0.2, 0.25) is 5.91 Å². The fourth-order valence-electron chi connectivity index (χ4n) is 3.09. The highest BCUT2D eigenvalue weighted by molar-refractivity contribution is 5.78. The van der Waals surface area contributed by atoms with Gasteiger partial charge in [-0.25, -0.2) is 0 Å². The van der Waals surface area contributed by atoms with Crippen LogP contribution in [0.3, 0.4) is 0 Å². The summed E-state index contributed by atoms with van der Waals surface area (Å²) in [5.74, 6) is 0.246. The van der Waals surface area contributed by atoms with Crippen LogP contribution in [0, 0.1) is 5.92 Å². The number of rotatable bonds is 5. The second-order valence-corrected chi connectivity index (χ2v) is 6.14. The molecule has 1 fully saturated rings. The van der Waals surface area contributed by atoms with Gasteiger partial charge in [-0.3, -0.25) is 14.7 Å². The summed E-state index contributed by atoms with van der Waals surface area (Å²) >= 11 is 0. The van der Waals surface area contributed by atoms with Crippen LogP contribution in [-0.4, -0.2) is 28.9 Å². The van der Waals surface area contributed by atoms with Crippen LogP contribution < -0.4 is 5.32 Å². The number of amides is 1. The lowest BCUT2D eigenvalue weighted by Crippen LogP contribution is -2.42. The Morgan fingerprint density at radius 2 is 2.00 bits per heavy atom. The lowest BCUT2D eigenvalue weighted by Gasteiger charge is -2.32. The van der Waals surface area contributed by atoms with Gasteiger partial charge in [-0.05, 0) is 36.6 Å². The van der Waals surface area contributed by atoms with Gasteiger partial charge in [-0.2, -0.15) is 0 Å². The molecule has 4 nitrogen and oxygen atoms in total. The van der Waals surface area contributed by atoms with Crippen molar-refractivity contribution >= 4 is 5.91 Å². The maximum Gasteiger partial charge on any atom is 0.224 e. The van der Waals surface area contributed by atoms with Crippen molar-refractivity contribution in [3.8, 4) is 0 Å². The minimum atomic E-state index is 0.0872. The lowest BCUT2D eigenvalue weighted by molar-refractivity contribution is -0.126. The second kappa shape index (κ2) is 7.88. The van der Waals surface area contributed by atoms with Crippen molar-refractivity contribution in [3.05, 3.63) is 66.0 Å². The number of nitrogens with one attached hydrogen (secondary N) is 1. The summed E-state index contributed by atoms with van der Waals surface area (Å²) in [5, 5.41) is 3.05. The smallest absolute Gasteiger partial charge is 0.224 e.